The smallest absolute Gasteiger partial charge is 0.279 e. The summed E-state index contributed by atoms with van der Waals surface area (Å²) < 4.78 is 55.6. The first kappa shape index (κ1) is 27.1. The standard InChI is InChI=1S/C28H26F2N6O3S/c1-18-12-22(30)6-7-25(18)34-26-13-27(40(38,39)35-23-14-31-17-32-15-23)33-16-24(26)28(37)36-10-8-20(9-11-36)19-2-4-21(29)5-3-19/h2-7,12-17,20,35H,8-11H2,1H3,(H,33,34). The number of aryl methyl sites for hydroxylation is 1. The van der Waals surface area contributed by atoms with Crippen LogP contribution in [0.4, 0.5) is 25.8 Å². The number of piperidine rings is 1. The quantitative estimate of drug-likeness (QED) is 0.324. The summed E-state index contributed by atoms with van der Waals surface area (Å²) in [5.41, 5.74) is 2.63. The number of aromatic nitrogens is 3. The Labute approximate surface area is 230 Å². The van der Waals surface area contributed by atoms with Gasteiger partial charge in [-0.25, -0.2) is 23.7 Å². The lowest BCUT2D eigenvalue weighted by molar-refractivity contribution is 0.0713. The van der Waals surface area contributed by atoms with E-state index in [1.165, 1.54) is 61.3 Å². The number of carbonyl (C=O) groups excluding carboxylic acids is 1. The molecule has 1 fully saturated rings. The highest BCUT2D eigenvalue weighted by Gasteiger charge is 2.28. The molecule has 2 N–H and O–H groups in total. The third kappa shape index (κ3) is 6.07. The maximum absolute atomic E-state index is 13.7. The number of halogens is 2. The lowest BCUT2D eigenvalue weighted by Gasteiger charge is -2.32. The van der Waals surface area contributed by atoms with Gasteiger partial charge in [-0.15, -0.1) is 0 Å². The molecule has 1 aliphatic heterocycles. The molecule has 0 atom stereocenters. The Balaban J connectivity index is 1.42. The molecular formula is C28H26F2N6O3S. The van der Waals surface area contributed by atoms with Gasteiger partial charge in [0.05, 0.1) is 29.3 Å². The second-order valence-electron chi connectivity index (χ2n) is 9.50. The normalized spacial score (nSPS) is 14.1. The molecule has 0 aliphatic carbocycles. The summed E-state index contributed by atoms with van der Waals surface area (Å²) >= 11 is 0. The van der Waals surface area contributed by atoms with Crippen molar-refractivity contribution in [1.29, 1.82) is 0 Å². The highest BCUT2D eigenvalue weighted by molar-refractivity contribution is 7.92. The molecule has 1 amide bonds. The minimum Gasteiger partial charge on any atom is -0.355 e. The topological polar surface area (TPSA) is 117 Å². The summed E-state index contributed by atoms with van der Waals surface area (Å²) in [5, 5.41) is 2.77. The Morgan fingerprint density at radius 3 is 2.27 bits per heavy atom. The molecule has 1 aliphatic rings. The number of hydrogen-bond donors (Lipinski definition) is 2. The summed E-state index contributed by atoms with van der Waals surface area (Å²) in [6.07, 6.45) is 6.50. The van der Waals surface area contributed by atoms with Crippen LogP contribution in [0.2, 0.25) is 0 Å². The molecule has 206 valence electrons. The number of amides is 1. The van der Waals surface area contributed by atoms with Gasteiger partial charge >= 0.3 is 0 Å². The first-order chi connectivity index (χ1) is 19.2. The first-order valence-electron chi connectivity index (χ1n) is 12.6. The van der Waals surface area contributed by atoms with Crippen LogP contribution in [0.3, 0.4) is 0 Å². The molecule has 12 heteroatoms. The molecular weight excluding hydrogens is 538 g/mol. The van der Waals surface area contributed by atoms with Gasteiger partial charge in [-0.3, -0.25) is 9.52 Å². The highest BCUT2D eigenvalue weighted by atomic mass is 32.2. The van der Waals surface area contributed by atoms with Crippen LogP contribution in [0.5, 0.6) is 0 Å². The van der Waals surface area contributed by atoms with E-state index in [1.807, 2.05) is 0 Å². The van der Waals surface area contributed by atoms with Gasteiger partial charge in [0.1, 0.15) is 18.0 Å². The molecule has 0 radical (unpaired) electrons. The molecule has 4 aromatic rings. The number of rotatable bonds is 7. The largest absolute Gasteiger partial charge is 0.355 e. The molecule has 0 bridgehead atoms. The Hall–Kier alpha value is -4.45. The zero-order valence-corrected chi connectivity index (χ0v) is 22.3. The van der Waals surface area contributed by atoms with Crippen LogP contribution >= 0.6 is 0 Å². The van der Waals surface area contributed by atoms with E-state index >= 15 is 0 Å². The summed E-state index contributed by atoms with van der Waals surface area (Å²) in [6.45, 7) is 2.62. The van der Waals surface area contributed by atoms with Crippen LogP contribution in [0.15, 0.2) is 78.5 Å². The van der Waals surface area contributed by atoms with Crippen LogP contribution in [0.1, 0.15) is 40.2 Å². The van der Waals surface area contributed by atoms with Crippen LogP contribution in [0.25, 0.3) is 0 Å². The zero-order valence-electron chi connectivity index (χ0n) is 21.5. The monoisotopic (exact) mass is 564 g/mol. The van der Waals surface area contributed by atoms with Gasteiger partial charge in [0.25, 0.3) is 15.9 Å². The van der Waals surface area contributed by atoms with E-state index in [2.05, 4.69) is 25.0 Å². The van der Waals surface area contributed by atoms with Crippen LogP contribution < -0.4 is 10.0 Å². The molecule has 0 saturated carbocycles. The highest BCUT2D eigenvalue weighted by Crippen LogP contribution is 2.31. The van der Waals surface area contributed by atoms with E-state index in [0.29, 0.717) is 37.2 Å². The number of pyridine rings is 1. The van der Waals surface area contributed by atoms with Crippen molar-refractivity contribution in [2.45, 2.75) is 30.7 Å². The molecule has 3 heterocycles. The van der Waals surface area contributed by atoms with Gasteiger partial charge < -0.3 is 10.2 Å². The zero-order chi connectivity index (χ0) is 28.3. The Morgan fingerprint density at radius 2 is 1.60 bits per heavy atom. The van der Waals surface area contributed by atoms with E-state index in [-0.39, 0.29) is 39.6 Å². The van der Waals surface area contributed by atoms with Gasteiger partial charge in [-0.1, -0.05) is 12.1 Å². The summed E-state index contributed by atoms with van der Waals surface area (Å²) in [4.78, 5) is 27.0. The van der Waals surface area contributed by atoms with E-state index in [4.69, 9.17) is 0 Å². The van der Waals surface area contributed by atoms with Crippen molar-refractivity contribution in [1.82, 2.24) is 19.9 Å². The minimum atomic E-state index is -4.15. The van der Waals surface area contributed by atoms with E-state index in [9.17, 15) is 22.0 Å². The number of likely N-dealkylation sites (tertiary alicyclic amines) is 1. The van der Waals surface area contributed by atoms with Crippen molar-refractivity contribution in [3.8, 4) is 0 Å². The number of hydrogen-bond acceptors (Lipinski definition) is 7. The van der Waals surface area contributed by atoms with E-state index < -0.39 is 15.8 Å². The van der Waals surface area contributed by atoms with E-state index in [0.717, 1.165) is 5.56 Å². The molecule has 5 rings (SSSR count). The fraction of sp³-hybridized carbons (Fsp3) is 0.214. The number of carbonyl (C=O) groups is 1. The number of nitrogens with zero attached hydrogens (tertiary/aromatic N) is 4. The van der Waals surface area contributed by atoms with Gasteiger partial charge in [0.15, 0.2) is 5.03 Å². The fourth-order valence-corrected chi connectivity index (χ4v) is 5.63. The Morgan fingerprint density at radius 1 is 0.925 bits per heavy atom. The Bertz CT molecular complexity index is 1630. The second-order valence-corrected chi connectivity index (χ2v) is 11.1. The van der Waals surface area contributed by atoms with E-state index in [1.54, 1.807) is 24.0 Å². The summed E-state index contributed by atoms with van der Waals surface area (Å²) in [6, 6.07) is 11.8. The minimum absolute atomic E-state index is 0.150. The molecule has 40 heavy (non-hydrogen) atoms. The molecule has 0 spiro atoms. The van der Waals surface area contributed by atoms with Crippen molar-refractivity contribution in [3.05, 3.63) is 102 Å². The molecule has 9 nitrogen and oxygen atoms in total. The Kier molecular flexibility index (Phi) is 7.69. The SMILES string of the molecule is Cc1cc(F)ccc1Nc1cc(S(=O)(=O)Nc2cncnc2)ncc1C(=O)N1CCC(c2ccc(F)cc2)CC1. The third-order valence-electron chi connectivity index (χ3n) is 6.78. The van der Waals surface area contributed by atoms with Gasteiger partial charge in [-0.05, 0) is 67.1 Å². The predicted molar refractivity (Wildman–Crippen MR) is 146 cm³/mol. The van der Waals surface area contributed by atoms with Crippen molar-refractivity contribution < 1.29 is 22.0 Å². The average molecular weight is 565 g/mol. The lowest BCUT2D eigenvalue weighted by atomic mass is 9.89. The summed E-state index contributed by atoms with van der Waals surface area (Å²) in [5.74, 6) is -0.836. The maximum Gasteiger partial charge on any atom is 0.279 e. The molecule has 2 aromatic carbocycles. The van der Waals surface area contributed by atoms with Gasteiger partial charge in [-0.2, -0.15) is 8.42 Å². The fourth-order valence-electron chi connectivity index (χ4n) is 4.65. The molecule has 1 saturated heterocycles. The van der Waals surface area contributed by atoms with Crippen molar-refractivity contribution in [3.63, 3.8) is 0 Å². The second kappa shape index (κ2) is 11.3. The van der Waals surface area contributed by atoms with Gasteiger partial charge in [0, 0.05) is 31.0 Å². The van der Waals surface area contributed by atoms with Crippen molar-refractivity contribution in [2.24, 2.45) is 0 Å². The first-order valence-corrected chi connectivity index (χ1v) is 14.0. The number of benzene rings is 2. The molecule has 0 unspecified atom stereocenters. The van der Waals surface area contributed by atoms with Crippen molar-refractivity contribution in [2.75, 3.05) is 23.1 Å². The van der Waals surface area contributed by atoms with Crippen LogP contribution in [-0.4, -0.2) is 47.3 Å². The lowest BCUT2D eigenvalue weighted by Crippen LogP contribution is -2.38. The number of nitrogens with one attached hydrogen (secondary N) is 2. The average Bonchev–Trinajstić information content (AvgIpc) is 2.95. The number of anilines is 3. The molecule has 2 aromatic heterocycles. The maximum atomic E-state index is 13.7. The predicted octanol–water partition coefficient (Wildman–Crippen LogP) is 5.02. The van der Waals surface area contributed by atoms with Crippen LogP contribution in [-0.2, 0) is 10.0 Å². The van der Waals surface area contributed by atoms with Gasteiger partial charge in [0.2, 0.25) is 0 Å². The third-order valence-corrected chi connectivity index (χ3v) is 8.06. The van der Waals surface area contributed by atoms with Crippen LogP contribution in [0, 0.1) is 18.6 Å². The van der Waals surface area contributed by atoms with Crippen molar-refractivity contribution >= 4 is 33.0 Å². The summed E-state index contributed by atoms with van der Waals surface area (Å²) in [7, 11) is -4.15. The number of sulfonamides is 1.